The molecule has 3 aromatic rings. The second kappa shape index (κ2) is 10.2. The number of carbonyl (C=O) groups is 1. The minimum atomic E-state index is -0.488. The van der Waals surface area contributed by atoms with Crippen molar-refractivity contribution in [3.8, 4) is 11.3 Å². The van der Waals surface area contributed by atoms with Crippen LogP contribution in [-0.2, 0) is 4.74 Å². The number of hydrogen-bond donors (Lipinski definition) is 0. The van der Waals surface area contributed by atoms with Gasteiger partial charge in [-0.05, 0) is 46.8 Å². The lowest BCUT2D eigenvalue weighted by molar-refractivity contribution is 0.0240. The van der Waals surface area contributed by atoms with Crippen molar-refractivity contribution in [1.29, 1.82) is 0 Å². The summed E-state index contributed by atoms with van der Waals surface area (Å²) in [5, 5.41) is 4.52. The number of rotatable bonds is 4. The van der Waals surface area contributed by atoms with Crippen LogP contribution in [-0.4, -0.2) is 99.5 Å². The van der Waals surface area contributed by atoms with Crippen LogP contribution in [0.4, 0.5) is 16.3 Å². The molecule has 2 aliphatic heterocycles. The molecule has 2 saturated heterocycles. The van der Waals surface area contributed by atoms with E-state index < -0.39 is 5.60 Å². The van der Waals surface area contributed by atoms with Crippen LogP contribution in [0.2, 0.25) is 0 Å². The number of fused-ring (bicyclic) bond motifs is 1. The molecule has 10 heteroatoms. The van der Waals surface area contributed by atoms with Crippen molar-refractivity contribution in [2.24, 2.45) is 0 Å². The monoisotopic (exact) mass is 506 g/mol. The van der Waals surface area contributed by atoms with E-state index in [2.05, 4.69) is 39.7 Å². The predicted octanol–water partition coefficient (Wildman–Crippen LogP) is 3.38. The van der Waals surface area contributed by atoms with Crippen LogP contribution in [0.25, 0.3) is 16.8 Å². The number of anilines is 2. The third-order valence-electron chi connectivity index (χ3n) is 7.06. The van der Waals surface area contributed by atoms with Gasteiger partial charge in [0.1, 0.15) is 11.4 Å². The molecule has 5 heterocycles. The average molecular weight is 507 g/mol. The molecule has 2 fully saturated rings. The van der Waals surface area contributed by atoms with E-state index in [1.807, 2.05) is 56.1 Å². The zero-order valence-corrected chi connectivity index (χ0v) is 22.6. The van der Waals surface area contributed by atoms with Gasteiger partial charge in [-0.15, -0.1) is 0 Å². The molecule has 37 heavy (non-hydrogen) atoms. The van der Waals surface area contributed by atoms with Gasteiger partial charge in [0.25, 0.3) is 0 Å². The first-order valence-electron chi connectivity index (χ1n) is 13.2. The topological polar surface area (TPSA) is 82.3 Å². The number of ether oxygens (including phenoxy) is 1. The van der Waals surface area contributed by atoms with Crippen molar-refractivity contribution in [2.45, 2.75) is 46.3 Å². The lowest BCUT2D eigenvalue weighted by atomic mass is 10.2. The summed E-state index contributed by atoms with van der Waals surface area (Å²) in [5.41, 5.74) is 3.43. The summed E-state index contributed by atoms with van der Waals surface area (Å²) in [7, 11) is 0. The zero-order chi connectivity index (χ0) is 26.2. The van der Waals surface area contributed by atoms with Gasteiger partial charge in [0.15, 0.2) is 0 Å². The van der Waals surface area contributed by atoms with Crippen LogP contribution in [0.1, 0.15) is 34.6 Å². The van der Waals surface area contributed by atoms with Crippen LogP contribution >= 0.6 is 0 Å². The Morgan fingerprint density at radius 1 is 0.946 bits per heavy atom. The molecule has 0 bridgehead atoms. The summed E-state index contributed by atoms with van der Waals surface area (Å²) >= 11 is 0. The molecule has 0 saturated carbocycles. The molecule has 10 nitrogen and oxygen atoms in total. The molecule has 1 amide bonds. The Labute approximate surface area is 218 Å². The number of piperazine rings is 2. The Morgan fingerprint density at radius 2 is 1.65 bits per heavy atom. The molecular formula is C27H38N8O2. The van der Waals surface area contributed by atoms with E-state index in [4.69, 9.17) is 14.7 Å². The molecule has 0 radical (unpaired) electrons. The van der Waals surface area contributed by atoms with E-state index in [1.165, 1.54) is 0 Å². The van der Waals surface area contributed by atoms with Crippen LogP contribution in [0.15, 0.2) is 36.9 Å². The Bertz CT molecular complexity index is 1220. The van der Waals surface area contributed by atoms with Gasteiger partial charge in [-0.2, -0.15) is 5.10 Å². The van der Waals surface area contributed by atoms with E-state index in [9.17, 15) is 4.79 Å². The first-order valence-corrected chi connectivity index (χ1v) is 13.2. The first-order chi connectivity index (χ1) is 17.7. The minimum Gasteiger partial charge on any atom is -0.444 e. The van der Waals surface area contributed by atoms with Crippen molar-refractivity contribution < 1.29 is 9.53 Å². The van der Waals surface area contributed by atoms with Crippen LogP contribution in [0.5, 0.6) is 0 Å². The number of nitrogens with zero attached hydrogens (tertiary/aromatic N) is 8. The third-order valence-corrected chi connectivity index (χ3v) is 7.06. The highest BCUT2D eigenvalue weighted by Crippen LogP contribution is 2.28. The standard InChI is InChI=1S/C27H38N8O2/c1-20(2)31-8-12-33(13-9-31)25-18-28-22(17-29-25)21-16-24-23(6-7-30-35(24)19-21)32-10-14-34(15-11-32)26(36)37-27(3,4)5/h6-7,16-20H,8-15H2,1-5H3. The van der Waals surface area contributed by atoms with Crippen molar-refractivity contribution >= 4 is 23.1 Å². The summed E-state index contributed by atoms with van der Waals surface area (Å²) < 4.78 is 7.43. The number of aromatic nitrogens is 4. The van der Waals surface area contributed by atoms with Crippen molar-refractivity contribution in [2.75, 3.05) is 62.2 Å². The van der Waals surface area contributed by atoms with E-state index in [0.717, 1.165) is 67.5 Å². The number of hydrogen-bond acceptors (Lipinski definition) is 8. The fraction of sp³-hybridized carbons (Fsp3) is 0.556. The van der Waals surface area contributed by atoms with Crippen LogP contribution < -0.4 is 9.80 Å². The maximum atomic E-state index is 12.4. The number of amides is 1. The normalized spacial score (nSPS) is 17.6. The summed E-state index contributed by atoms with van der Waals surface area (Å²) in [6.07, 6.45) is 7.31. The molecule has 3 aromatic heterocycles. The fourth-order valence-corrected chi connectivity index (χ4v) is 4.96. The molecule has 0 spiro atoms. The molecule has 198 valence electrons. The van der Waals surface area contributed by atoms with E-state index in [0.29, 0.717) is 19.1 Å². The highest BCUT2D eigenvalue weighted by atomic mass is 16.6. The Morgan fingerprint density at radius 3 is 2.27 bits per heavy atom. The molecule has 0 aromatic carbocycles. The third kappa shape index (κ3) is 5.64. The summed E-state index contributed by atoms with van der Waals surface area (Å²) in [4.78, 5) is 30.8. The van der Waals surface area contributed by atoms with Crippen molar-refractivity contribution in [3.63, 3.8) is 0 Å². The Kier molecular flexibility index (Phi) is 6.94. The summed E-state index contributed by atoms with van der Waals surface area (Å²) in [6.45, 7) is 16.9. The highest BCUT2D eigenvalue weighted by Gasteiger charge is 2.27. The van der Waals surface area contributed by atoms with E-state index in [1.54, 1.807) is 4.90 Å². The molecule has 2 aliphatic rings. The average Bonchev–Trinajstić information content (AvgIpc) is 3.33. The zero-order valence-electron chi connectivity index (χ0n) is 22.6. The van der Waals surface area contributed by atoms with Crippen molar-refractivity contribution in [3.05, 3.63) is 36.9 Å². The fourth-order valence-electron chi connectivity index (χ4n) is 4.96. The molecule has 0 atom stereocenters. The van der Waals surface area contributed by atoms with Crippen LogP contribution in [0, 0.1) is 0 Å². The molecule has 5 rings (SSSR count). The first kappa shape index (κ1) is 25.3. The van der Waals surface area contributed by atoms with Gasteiger partial charge < -0.3 is 19.4 Å². The highest BCUT2D eigenvalue weighted by molar-refractivity contribution is 5.79. The van der Waals surface area contributed by atoms with E-state index in [-0.39, 0.29) is 6.09 Å². The maximum Gasteiger partial charge on any atom is 0.410 e. The lowest BCUT2D eigenvalue weighted by Crippen LogP contribution is -2.50. The van der Waals surface area contributed by atoms with Gasteiger partial charge in [0.05, 0.1) is 29.3 Å². The lowest BCUT2D eigenvalue weighted by Gasteiger charge is -2.37. The maximum absolute atomic E-state index is 12.4. The minimum absolute atomic E-state index is 0.249. The van der Waals surface area contributed by atoms with Gasteiger partial charge in [0, 0.05) is 76.4 Å². The Balaban J connectivity index is 1.27. The Hall–Kier alpha value is -3.40. The van der Waals surface area contributed by atoms with Gasteiger partial charge in [-0.1, -0.05) is 0 Å². The second-order valence-electron chi connectivity index (χ2n) is 11.1. The van der Waals surface area contributed by atoms with Crippen LogP contribution in [0.3, 0.4) is 0 Å². The van der Waals surface area contributed by atoms with E-state index >= 15 is 0 Å². The second-order valence-corrected chi connectivity index (χ2v) is 11.1. The molecular weight excluding hydrogens is 468 g/mol. The van der Waals surface area contributed by atoms with Gasteiger partial charge in [-0.25, -0.2) is 14.3 Å². The predicted molar refractivity (Wildman–Crippen MR) is 145 cm³/mol. The SMILES string of the molecule is CC(C)N1CCN(c2cnc(-c3cc4c(N5CCN(C(=O)OC(C)(C)C)CC5)ccnn4c3)cn2)CC1. The van der Waals surface area contributed by atoms with Gasteiger partial charge in [-0.3, -0.25) is 9.88 Å². The smallest absolute Gasteiger partial charge is 0.410 e. The van der Waals surface area contributed by atoms with Gasteiger partial charge in [0.2, 0.25) is 0 Å². The molecule has 0 unspecified atom stereocenters. The summed E-state index contributed by atoms with van der Waals surface area (Å²) in [6, 6.07) is 4.73. The number of carbonyl (C=O) groups excluding carboxylic acids is 1. The summed E-state index contributed by atoms with van der Waals surface area (Å²) in [5.74, 6) is 0.928. The van der Waals surface area contributed by atoms with Crippen molar-refractivity contribution in [1.82, 2.24) is 29.4 Å². The van der Waals surface area contributed by atoms with Gasteiger partial charge >= 0.3 is 6.09 Å². The molecule has 0 aliphatic carbocycles. The quantitative estimate of drug-likeness (QED) is 0.533. The largest absolute Gasteiger partial charge is 0.444 e. The molecule has 0 N–H and O–H groups in total.